The van der Waals surface area contributed by atoms with E-state index in [9.17, 15) is 10.2 Å². The molecule has 1 atom stereocenters. The molecule has 5 nitrogen and oxygen atoms in total. The first-order valence-electron chi connectivity index (χ1n) is 6.29. The molecule has 1 heterocycles. The van der Waals surface area contributed by atoms with Gasteiger partial charge in [0.1, 0.15) is 17.1 Å². The number of nitrogens with zero attached hydrogens (tertiary/aromatic N) is 3. The quantitative estimate of drug-likeness (QED) is 0.863. The molecule has 0 spiro atoms. The van der Waals surface area contributed by atoms with Gasteiger partial charge in [0.25, 0.3) is 0 Å². The van der Waals surface area contributed by atoms with Crippen molar-refractivity contribution in [2.45, 2.75) is 25.9 Å². The molecule has 0 radical (unpaired) electrons. The zero-order valence-electron chi connectivity index (χ0n) is 10.6. The van der Waals surface area contributed by atoms with Crippen molar-refractivity contribution in [1.29, 1.82) is 0 Å². The summed E-state index contributed by atoms with van der Waals surface area (Å²) in [6.45, 7) is 1.68. The summed E-state index contributed by atoms with van der Waals surface area (Å²) in [5.74, 6) is 0.0979. The Morgan fingerprint density at radius 3 is 2.89 bits per heavy atom. The highest BCUT2D eigenvalue weighted by Gasteiger charge is 2.15. The van der Waals surface area contributed by atoms with Gasteiger partial charge >= 0.3 is 0 Å². The molecule has 1 aliphatic carbocycles. The summed E-state index contributed by atoms with van der Waals surface area (Å²) in [5.41, 5.74) is 2.98. The molecule has 0 amide bonds. The molecular weight excluding hydrogens is 242 g/mol. The van der Waals surface area contributed by atoms with Crippen LogP contribution in [0.5, 0.6) is 5.75 Å². The third-order valence-corrected chi connectivity index (χ3v) is 3.23. The van der Waals surface area contributed by atoms with Crippen LogP contribution in [0.15, 0.2) is 24.3 Å². The fourth-order valence-corrected chi connectivity index (χ4v) is 2.14. The second-order valence-electron chi connectivity index (χ2n) is 4.69. The van der Waals surface area contributed by atoms with Gasteiger partial charge in [0, 0.05) is 0 Å². The number of aliphatic hydroxyl groups excluding tert-OH is 1. The lowest BCUT2D eigenvalue weighted by atomic mass is 10.1. The third-order valence-electron chi connectivity index (χ3n) is 3.23. The molecular formula is C14H15N3O2. The molecule has 0 bridgehead atoms. The van der Waals surface area contributed by atoms with Crippen LogP contribution in [-0.2, 0) is 6.42 Å². The minimum atomic E-state index is -0.593. The SMILES string of the molecule is CC(O)c1ccc(O)c(-n2nc3c(n2)CCC=C3)c1. The summed E-state index contributed by atoms with van der Waals surface area (Å²) in [7, 11) is 0. The van der Waals surface area contributed by atoms with E-state index in [-0.39, 0.29) is 5.75 Å². The minimum absolute atomic E-state index is 0.0979. The molecule has 5 heteroatoms. The van der Waals surface area contributed by atoms with Crippen LogP contribution < -0.4 is 0 Å². The monoisotopic (exact) mass is 257 g/mol. The first-order valence-corrected chi connectivity index (χ1v) is 6.29. The van der Waals surface area contributed by atoms with E-state index in [1.54, 1.807) is 25.1 Å². The first kappa shape index (κ1) is 11.9. The van der Waals surface area contributed by atoms with Gasteiger partial charge in [0.2, 0.25) is 0 Å². The van der Waals surface area contributed by atoms with E-state index in [0.29, 0.717) is 5.69 Å². The summed E-state index contributed by atoms with van der Waals surface area (Å²) < 4.78 is 0. The largest absolute Gasteiger partial charge is 0.506 e. The molecule has 0 saturated heterocycles. The molecule has 3 rings (SSSR count). The maximum atomic E-state index is 9.93. The van der Waals surface area contributed by atoms with Gasteiger partial charge in [-0.3, -0.25) is 0 Å². The molecule has 98 valence electrons. The van der Waals surface area contributed by atoms with Gasteiger partial charge in [-0.1, -0.05) is 12.1 Å². The maximum Gasteiger partial charge on any atom is 0.143 e. The lowest BCUT2D eigenvalue weighted by molar-refractivity contribution is 0.199. The molecule has 1 aromatic carbocycles. The lowest BCUT2D eigenvalue weighted by Crippen LogP contribution is -2.02. The Labute approximate surface area is 110 Å². The van der Waals surface area contributed by atoms with Crippen molar-refractivity contribution in [3.63, 3.8) is 0 Å². The van der Waals surface area contributed by atoms with E-state index in [4.69, 9.17) is 0 Å². The highest BCUT2D eigenvalue weighted by atomic mass is 16.3. The van der Waals surface area contributed by atoms with Crippen molar-refractivity contribution in [2.75, 3.05) is 0 Å². The second-order valence-corrected chi connectivity index (χ2v) is 4.69. The second kappa shape index (κ2) is 4.51. The number of rotatable bonds is 2. The maximum absolute atomic E-state index is 9.93. The summed E-state index contributed by atoms with van der Waals surface area (Å²) in [5, 5.41) is 28.3. The molecule has 0 aliphatic heterocycles. The van der Waals surface area contributed by atoms with Gasteiger partial charge in [-0.15, -0.1) is 9.90 Å². The number of hydrogen-bond donors (Lipinski definition) is 2. The van der Waals surface area contributed by atoms with Crippen LogP contribution in [0.3, 0.4) is 0 Å². The van der Waals surface area contributed by atoms with Gasteiger partial charge in [-0.25, -0.2) is 0 Å². The van der Waals surface area contributed by atoms with E-state index in [0.717, 1.165) is 29.8 Å². The Morgan fingerprint density at radius 2 is 2.16 bits per heavy atom. The Morgan fingerprint density at radius 1 is 1.32 bits per heavy atom. The van der Waals surface area contributed by atoms with E-state index in [1.165, 1.54) is 4.80 Å². The number of aromatic nitrogens is 3. The van der Waals surface area contributed by atoms with E-state index >= 15 is 0 Å². The van der Waals surface area contributed by atoms with Gasteiger partial charge in [0.15, 0.2) is 0 Å². The number of hydrogen-bond acceptors (Lipinski definition) is 4. The molecule has 2 N–H and O–H groups in total. The van der Waals surface area contributed by atoms with Crippen molar-refractivity contribution in [1.82, 2.24) is 15.0 Å². The molecule has 0 saturated carbocycles. The summed E-state index contributed by atoms with van der Waals surface area (Å²) >= 11 is 0. The molecule has 19 heavy (non-hydrogen) atoms. The third kappa shape index (κ3) is 2.13. The predicted octanol–water partition coefficient (Wildman–Crippen LogP) is 1.99. The molecule has 1 aromatic heterocycles. The Hall–Kier alpha value is -2.14. The Kier molecular flexibility index (Phi) is 2.83. The smallest absolute Gasteiger partial charge is 0.143 e. The summed E-state index contributed by atoms with van der Waals surface area (Å²) in [6.07, 6.45) is 5.24. The average Bonchev–Trinajstić information content (AvgIpc) is 2.82. The van der Waals surface area contributed by atoms with Crippen molar-refractivity contribution in [3.8, 4) is 11.4 Å². The number of allylic oxidation sites excluding steroid dienone is 1. The van der Waals surface area contributed by atoms with Crippen molar-refractivity contribution >= 4 is 6.08 Å². The van der Waals surface area contributed by atoms with Crippen LogP contribution in [-0.4, -0.2) is 25.2 Å². The van der Waals surface area contributed by atoms with Crippen LogP contribution in [0.25, 0.3) is 11.8 Å². The van der Waals surface area contributed by atoms with Crippen molar-refractivity contribution < 1.29 is 10.2 Å². The number of aliphatic hydroxyl groups is 1. The Balaban J connectivity index is 2.08. The number of phenols is 1. The number of fused-ring (bicyclic) bond motifs is 1. The summed E-state index contributed by atoms with van der Waals surface area (Å²) in [6, 6.07) is 4.94. The van der Waals surface area contributed by atoms with Crippen LogP contribution in [0.2, 0.25) is 0 Å². The van der Waals surface area contributed by atoms with Gasteiger partial charge in [-0.2, -0.15) is 5.10 Å². The topological polar surface area (TPSA) is 71.2 Å². The van der Waals surface area contributed by atoms with Crippen molar-refractivity contribution in [3.05, 3.63) is 41.2 Å². The standard InChI is InChI=1S/C14H15N3O2/c1-9(18)10-6-7-14(19)13(8-10)17-15-11-4-2-3-5-12(11)16-17/h2,4,6-9,18-19H,3,5H2,1H3. The molecule has 1 aliphatic rings. The van der Waals surface area contributed by atoms with E-state index in [1.807, 2.05) is 6.08 Å². The highest BCUT2D eigenvalue weighted by Crippen LogP contribution is 2.26. The lowest BCUT2D eigenvalue weighted by Gasteiger charge is -2.08. The minimum Gasteiger partial charge on any atom is -0.506 e. The van der Waals surface area contributed by atoms with Gasteiger partial charge < -0.3 is 10.2 Å². The van der Waals surface area contributed by atoms with Crippen LogP contribution in [0.1, 0.15) is 36.4 Å². The number of phenolic OH excluding ortho intramolecular Hbond substituents is 1. The highest BCUT2D eigenvalue weighted by molar-refractivity contribution is 5.52. The van der Waals surface area contributed by atoms with Crippen LogP contribution >= 0.6 is 0 Å². The molecule has 0 fully saturated rings. The first-order chi connectivity index (χ1) is 9.15. The number of benzene rings is 1. The Bertz CT molecular complexity index is 644. The average molecular weight is 257 g/mol. The molecule has 1 unspecified atom stereocenters. The van der Waals surface area contributed by atoms with Crippen LogP contribution in [0.4, 0.5) is 0 Å². The van der Waals surface area contributed by atoms with E-state index < -0.39 is 6.10 Å². The fraction of sp³-hybridized carbons (Fsp3) is 0.286. The van der Waals surface area contributed by atoms with Gasteiger partial charge in [-0.05, 0) is 43.5 Å². The zero-order chi connectivity index (χ0) is 13.4. The fourth-order valence-electron chi connectivity index (χ4n) is 2.14. The normalized spacial score (nSPS) is 15.3. The number of aryl methyl sites for hydroxylation is 1. The summed E-state index contributed by atoms with van der Waals surface area (Å²) in [4.78, 5) is 1.43. The van der Waals surface area contributed by atoms with Crippen LogP contribution in [0, 0.1) is 0 Å². The predicted molar refractivity (Wildman–Crippen MR) is 71.0 cm³/mol. The number of aromatic hydroxyl groups is 1. The van der Waals surface area contributed by atoms with Gasteiger partial charge in [0.05, 0.1) is 11.8 Å². The van der Waals surface area contributed by atoms with E-state index in [2.05, 4.69) is 16.3 Å². The molecule has 2 aromatic rings. The zero-order valence-corrected chi connectivity index (χ0v) is 10.6. The van der Waals surface area contributed by atoms with Crippen molar-refractivity contribution in [2.24, 2.45) is 0 Å².